The fourth-order valence-corrected chi connectivity index (χ4v) is 2.91. The second-order valence-corrected chi connectivity index (χ2v) is 6.66. The van der Waals surface area contributed by atoms with E-state index in [4.69, 9.17) is 23.7 Å². The van der Waals surface area contributed by atoms with Crippen LogP contribution in [0.15, 0.2) is 42.0 Å². The van der Waals surface area contributed by atoms with Crippen LogP contribution in [-0.2, 0) is 16.1 Å². The Bertz CT molecular complexity index is 996. The van der Waals surface area contributed by atoms with E-state index in [1.54, 1.807) is 25.3 Å². The molecular weight excluding hydrogens is 400 g/mol. The zero-order valence-corrected chi connectivity index (χ0v) is 17.5. The van der Waals surface area contributed by atoms with Gasteiger partial charge in [0.05, 0.1) is 7.11 Å². The molecule has 3 rings (SSSR count). The standard InChI is InChI=1S/C23H24N2O6/c1-27-9-3-8-25-23(26)18(13-24)10-16-4-6-19(21(11-16)28-2)29-14-17-5-7-20-22(12-17)31-15-30-20/h4-7,10-12H,3,8-9,14-15H2,1-2H3,(H,25,26)/b18-10+. The number of hydrogen-bond donors (Lipinski definition) is 1. The summed E-state index contributed by atoms with van der Waals surface area (Å²) in [6, 6.07) is 12.8. The topological polar surface area (TPSA) is 99.0 Å². The van der Waals surface area contributed by atoms with Crippen LogP contribution < -0.4 is 24.3 Å². The van der Waals surface area contributed by atoms with Crippen molar-refractivity contribution in [3.05, 3.63) is 53.1 Å². The number of amides is 1. The first-order valence-corrected chi connectivity index (χ1v) is 9.73. The zero-order chi connectivity index (χ0) is 22.1. The van der Waals surface area contributed by atoms with E-state index >= 15 is 0 Å². The van der Waals surface area contributed by atoms with Gasteiger partial charge in [-0.2, -0.15) is 5.26 Å². The molecular formula is C23H24N2O6. The third-order valence-electron chi connectivity index (χ3n) is 4.51. The van der Waals surface area contributed by atoms with Gasteiger partial charge < -0.3 is 29.0 Å². The fourth-order valence-electron chi connectivity index (χ4n) is 2.91. The molecule has 8 heteroatoms. The minimum Gasteiger partial charge on any atom is -0.493 e. The van der Waals surface area contributed by atoms with Gasteiger partial charge in [0.25, 0.3) is 5.91 Å². The summed E-state index contributed by atoms with van der Waals surface area (Å²) in [5.74, 6) is 2.01. The van der Waals surface area contributed by atoms with Gasteiger partial charge in [0.1, 0.15) is 18.2 Å². The molecule has 0 fully saturated rings. The van der Waals surface area contributed by atoms with Crippen molar-refractivity contribution in [2.24, 2.45) is 0 Å². The highest BCUT2D eigenvalue weighted by atomic mass is 16.7. The highest BCUT2D eigenvalue weighted by Crippen LogP contribution is 2.34. The number of nitrogens with one attached hydrogen (secondary N) is 1. The van der Waals surface area contributed by atoms with Crippen LogP contribution in [0.2, 0.25) is 0 Å². The number of carbonyl (C=O) groups excluding carboxylic acids is 1. The minimum atomic E-state index is -0.430. The molecule has 31 heavy (non-hydrogen) atoms. The van der Waals surface area contributed by atoms with Crippen LogP contribution in [-0.4, -0.2) is 40.1 Å². The first kappa shape index (κ1) is 22.0. The average molecular weight is 424 g/mol. The highest BCUT2D eigenvalue weighted by molar-refractivity contribution is 6.01. The number of nitriles is 1. The van der Waals surface area contributed by atoms with Crippen LogP contribution in [0.4, 0.5) is 0 Å². The SMILES string of the molecule is COCCCNC(=O)/C(C#N)=C/c1ccc(OCc2ccc3c(c2)OCO3)c(OC)c1. The molecule has 1 aliphatic rings. The average Bonchev–Trinajstić information content (AvgIpc) is 3.27. The summed E-state index contributed by atoms with van der Waals surface area (Å²) in [6.07, 6.45) is 2.18. The van der Waals surface area contributed by atoms with Crippen LogP contribution in [0.5, 0.6) is 23.0 Å². The smallest absolute Gasteiger partial charge is 0.261 e. The van der Waals surface area contributed by atoms with Crippen LogP contribution in [0.3, 0.4) is 0 Å². The van der Waals surface area contributed by atoms with Crippen molar-refractivity contribution in [1.82, 2.24) is 5.32 Å². The number of fused-ring (bicyclic) bond motifs is 1. The van der Waals surface area contributed by atoms with Crippen molar-refractivity contribution in [2.45, 2.75) is 13.0 Å². The Morgan fingerprint density at radius 1 is 1.16 bits per heavy atom. The number of carbonyl (C=O) groups is 1. The molecule has 1 amide bonds. The molecule has 0 spiro atoms. The first-order chi connectivity index (χ1) is 15.1. The van der Waals surface area contributed by atoms with Crippen LogP contribution in [0.25, 0.3) is 6.08 Å². The number of methoxy groups -OCH3 is 2. The summed E-state index contributed by atoms with van der Waals surface area (Å²) in [5.41, 5.74) is 1.58. The molecule has 0 saturated heterocycles. The lowest BCUT2D eigenvalue weighted by molar-refractivity contribution is -0.117. The fraction of sp³-hybridized carbons (Fsp3) is 0.304. The van der Waals surface area contributed by atoms with Gasteiger partial charge in [0, 0.05) is 20.3 Å². The maximum atomic E-state index is 12.2. The normalized spacial score (nSPS) is 12.2. The second-order valence-electron chi connectivity index (χ2n) is 6.66. The largest absolute Gasteiger partial charge is 0.493 e. The van der Waals surface area contributed by atoms with Gasteiger partial charge in [-0.1, -0.05) is 12.1 Å². The maximum absolute atomic E-state index is 12.2. The van der Waals surface area contributed by atoms with E-state index < -0.39 is 5.91 Å². The van der Waals surface area contributed by atoms with Crippen LogP contribution in [0, 0.1) is 11.3 Å². The first-order valence-electron chi connectivity index (χ1n) is 9.73. The van der Waals surface area contributed by atoms with Gasteiger partial charge in [-0.05, 0) is 47.9 Å². The van der Waals surface area contributed by atoms with Gasteiger partial charge >= 0.3 is 0 Å². The predicted molar refractivity (Wildman–Crippen MR) is 113 cm³/mol. The Hall–Kier alpha value is -3.70. The van der Waals surface area contributed by atoms with E-state index in [0.717, 1.165) is 5.56 Å². The quantitative estimate of drug-likeness (QED) is 0.355. The summed E-state index contributed by atoms with van der Waals surface area (Å²) >= 11 is 0. The lowest BCUT2D eigenvalue weighted by atomic mass is 10.1. The molecule has 0 bridgehead atoms. The van der Waals surface area contributed by atoms with E-state index in [0.29, 0.717) is 54.7 Å². The summed E-state index contributed by atoms with van der Waals surface area (Å²) in [4.78, 5) is 12.2. The predicted octanol–water partition coefficient (Wildman–Crippen LogP) is 3.06. The molecule has 0 saturated carbocycles. The van der Waals surface area contributed by atoms with E-state index in [1.165, 1.54) is 13.2 Å². The Kier molecular flexibility index (Phi) is 7.73. The molecule has 1 heterocycles. The summed E-state index contributed by atoms with van der Waals surface area (Å²) < 4.78 is 26.9. The van der Waals surface area contributed by atoms with E-state index in [2.05, 4.69) is 5.32 Å². The molecule has 2 aromatic carbocycles. The van der Waals surface area contributed by atoms with Crippen molar-refractivity contribution in [1.29, 1.82) is 5.26 Å². The molecule has 0 aromatic heterocycles. The van der Waals surface area contributed by atoms with Crippen LogP contribution >= 0.6 is 0 Å². The molecule has 1 aliphatic heterocycles. The Labute approximate surface area is 180 Å². The zero-order valence-electron chi connectivity index (χ0n) is 17.5. The molecule has 0 radical (unpaired) electrons. The number of ether oxygens (including phenoxy) is 5. The van der Waals surface area contributed by atoms with E-state index in [9.17, 15) is 10.1 Å². The van der Waals surface area contributed by atoms with Gasteiger partial charge in [-0.15, -0.1) is 0 Å². The van der Waals surface area contributed by atoms with Gasteiger partial charge in [-0.3, -0.25) is 4.79 Å². The molecule has 0 atom stereocenters. The summed E-state index contributed by atoms with van der Waals surface area (Å²) in [7, 11) is 3.13. The van der Waals surface area contributed by atoms with Gasteiger partial charge in [0.2, 0.25) is 6.79 Å². The van der Waals surface area contributed by atoms with Gasteiger partial charge in [0.15, 0.2) is 23.0 Å². The lowest BCUT2D eigenvalue weighted by Crippen LogP contribution is -2.26. The second kappa shape index (κ2) is 10.9. The van der Waals surface area contributed by atoms with Crippen LogP contribution in [0.1, 0.15) is 17.5 Å². The molecule has 8 nitrogen and oxygen atoms in total. The van der Waals surface area contributed by atoms with Crippen molar-refractivity contribution >= 4 is 12.0 Å². The number of hydrogen-bond acceptors (Lipinski definition) is 7. The van der Waals surface area contributed by atoms with Crippen molar-refractivity contribution in [3.63, 3.8) is 0 Å². The third kappa shape index (κ3) is 5.90. The monoisotopic (exact) mass is 424 g/mol. The highest BCUT2D eigenvalue weighted by Gasteiger charge is 2.14. The van der Waals surface area contributed by atoms with E-state index in [-0.39, 0.29) is 12.4 Å². The number of rotatable bonds is 10. The summed E-state index contributed by atoms with van der Waals surface area (Å²) in [5, 5.41) is 12.0. The maximum Gasteiger partial charge on any atom is 0.261 e. The third-order valence-corrected chi connectivity index (χ3v) is 4.51. The lowest BCUT2D eigenvalue weighted by Gasteiger charge is -2.12. The van der Waals surface area contributed by atoms with Gasteiger partial charge in [-0.25, -0.2) is 0 Å². The Balaban J connectivity index is 1.66. The Morgan fingerprint density at radius 3 is 2.77 bits per heavy atom. The minimum absolute atomic E-state index is 0.00787. The van der Waals surface area contributed by atoms with Crippen molar-refractivity contribution < 1.29 is 28.5 Å². The molecule has 162 valence electrons. The Morgan fingerprint density at radius 2 is 2.00 bits per heavy atom. The molecule has 0 unspecified atom stereocenters. The molecule has 1 N–H and O–H groups in total. The molecule has 2 aromatic rings. The molecule has 0 aliphatic carbocycles. The van der Waals surface area contributed by atoms with Crippen molar-refractivity contribution in [2.75, 3.05) is 34.2 Å². The van der Waals surface area contributed by atoms with E-state index in [1.807, 2.05) is 24.3 Å². The summed E-state index contributed by atoms with van der Waals surface area (Å²) in [6.45, 7) is 1.51. The van der Waals surface area contributed by atoms with Crippen molar-refractivity contribution in [3.8, 4) is 29.1 Å². The number of nitrogens with zero attached hydrogens (tertiary/aromatic N) is 1. The number of benzene rings is 2.